The molecule has 1 aromatic heterocycles. The highest BCUT2D eigenvalue weighted by molar-refractivity contribution is 5.85. The van der Waals surface area contributed by atoms with Crippen LogP contribution in [0.15, 0.2) is 18.2 Å². The van der Waals surface area contributed by atoms with Crippen LogP contribution in [-0.4, -0.2) is 35.1 Å². The van der Waals surface area contributed by atoms with Crippen LogP contribution in [0.4, 0.5) is 5.82 Å². The number of carboxylic acid groups (broad SMARTS) is 1. The van der Waals surface area contributed by atoms with Crippen LogP contribution < -0.4 is 10.6 Å². The summed E-state index contributed by atoms with van der Waals surface area (Å²) in [5, 5.41) is 8.94. The molecule has 1 unspecified atom stereocenters. The molecule has 1 saturated heterocycles. The number of amides is 1. The van der Waals surface area contributed by atoms with E-state index >= 15 is 0 Å². The zero-order chi connectivity index (χ0) is 13.8. The van der Waals surface area contributed by atoms with Crippen molar-refractivity contribution in [1.82, 2.24) is 4.98 Å². The SMILES string of the molecule is NC(=O)CC1CCCN(c2cccc(C(=O)O)n2)C1. The van der Waals surface area contributed by atoms with E-state index in [2.05, 4.69) is 4.98 Å². The van der Waals surface area contributed by atoms with E-state index in [0.717, 1.165) is 19.4 Å². The second-order valence-corrected chi connectivity index (χ2v) is 4.81. The third kappa shape index (κ3) is 3.43. The first-order chi connectivity index (χ1) is 9.06. The van der Waals surface area contributed by atoms with E-state index < -0.39 is 5.97 Å². The maximum absolute atomic E-state index is 11.0. The van der Waals surface area contributed by atoms with Crippen molar-refractivity contribution in [3.05, 3.63) is 23.9 Å². The lowest BCUT2D eigenvalue weighted by Crippen LogP contribution is -2.37. The van der Waals surface area contributed by atoms with Crippen molar-refractivity contribution in [2.75, 3.05) is 18.0 Å². The molecule has 1 aromatic rings. The number of rotatable bonds is 4. The zero-order valence-electron chi connectivity index (χ0n) is 10.6. The highest BCUT2D eigenvalue weighted by atomic mass is 16.4. The fourth-order valence-electron chi connectivity index (χ4n) is 2.44. The predicted octanol–water partition coefficient (Wildman–Crippen LogP) is 0.872. The lowest BCUT2D eigenvalue weighted by Gasteiger charge is -2.33. The minimum absolute atomic E-state index is 0.0366. The summed E-state index contributed by atoms with van der Waals surface area (Å²) in [6.45, 7) is 1.52. The summed E-state index contributed by atoms with van der Waals surface area (Å²) in [5.41, 5.74) is 5.26. The normalized spacial score (nSPS) is 19.2. The summed E-state index contributed by atoms with van der Waals surface area (Å²) in [7, 11) is 0. The fraction of sp³-hybridized carbons (Fsp3) is 0.462. The van der Waals surface area contributed by atoms with E-state index in [-0.39, 0.29) is 17.5 Å². The van der Waals surface area contributed by atoms with Gasteiger partial charge in [0.2, 0.25) is 5.91 Å². The van der Waals surface area contributed by atoms with Crippen LogP contribution in [0.25, 0.3) is 0 Å². The molecule has 2 rings (SSSR count). The molecule has 1 amide bonds. The standard InChI is InChI=1S/C13H17N3O3/c14-11(17)7-9-3-2-6-16(8-9)12-5-1-4-10(15-12)13(18)19/h1,4-5,9H,2-3,6-8H2,(H2,14,17)(H,18,19). The van der Waals surface area contributed by atoms with Gasteiger partial charge in [0.05, 0.1) is 0 Å². The van der Waals surface area contributed by atoms with Gasteiger partial charge < -0.3 is 15.7 Å². The second-order valence-electron chi connectivity index (χ2n) is 4.81. The van der Waals surface area contributed by atoms with E-state index in [1.54, 1.807) is 12.1 Å². The summed E-state index contributed by atoms with van der Waals surface area (Å²) < 4.78 is 0. The minimum Gasteiger partial charge on any atom is -0.477 e. The number of carbonyl (C=O) groups is 2. The van der Waals surface area contributed by atoms with Gasteiger partial charge in [-0.25, -0.2) is 9.78 Å². The molecule has 1 fully saturated rings. The molecule has 0 bridgehead atoms. The maximum Gasteiger partial charge on any atom is 0.354 e. The summed E-state index contributed by atoms with van der Waals surface area (Å²) in [4.78, 5) is 28.0. The highest BCUT2D eigenvalue weighted by Gasteiger charge is 2.22. The van der Waals surface area contributed by atoms with Crippen molar-refractivity contribution in [2.24, 2.45) is 11.7 Å². The molecule has 0 spiro atoms. The molecule has 0 radical (unpaired) electrons. The van der Waals surface area contributed by atoms with E-state index in [9.17, 15) is 9.59 Å². The van der Waals surface area contributed by atoms with Crippen molar-refractivity contribution in [3.63, 3.8) is 0 Å². The number of carboxylic acids is 1. The topological polar surface area (TPSA) is 96.5 Å². The molecule has 102 valence electrons. The first-order valence-corrected chi connectivity index (χ1v) is 6.30. The van der Waals surface area contributed by atoms with Crippen LogP contribution in [0.5, 0.6) is 0 Å². The van der Waals surface area contributed by atoms with E-state index in [0.29, 0.717) is 18.8 Å². The molecule has 0 saturated carbocycles. The van der Waals surface area contributed by atoms with E-state index in [1.165, 1.54) is 6.07 Å². The number of nitrogens with zero attached hydrogens (tertiary/aromatic N) is 2. The molecule has 6 nitrogen and oxygen atoms in total. The molecule has 0 aromatic carbocycles. The van der Waals surface area contributed by atoms with Crippen molar-refractivity contribution in [1.29, 1.82) is 0 Å². The number of hydrogen-bond donors (Lipinski definition) is 2. The van der Waals surface area contributed by atoms with Gasteiger partial charge in [0.1, 0.15) is 5.82 Å². The van der Waals surface area contributed by atoms with E-state index in [4.69, 9.17) is 10.8 Å². The van der Waals surface area contributed by atoms with Crippen LogP contribution in [0, 0.1) is 5.92 Å². The van der Waals surface area contributed by atoms with Crippen molar-refractivity contribution < 1.29 is 14.7 Å². The van der Waals surface area contributed by atoms with Gasteiger partial charge in [-0.05, 0) is 30.9 Å². The molecule has 1 atom stereocenters. The molecule has 2 heterocycles. The lowest BCUT2D eigenvalue weighted by molar-refractivity contribution is -0.118. The Morgan fingerprint density at radius 2 is 2.26 bits per heavy atom. The number of nitrogens with two attached hydrogens (primary N) is 1. The molecule has 3 N–H and O–H groups in total. The number of aromatic carboxylic acids is 1. The third-order valence-electron chi connectivity index (χ3n) is 3.29. The zero-order valence-corrected chi connectivity index (χ0v) is 10.6. The Kier molecular flexibility index (Phi) is 3.99. The molecule has 1 aliphatic heterocycles. The third-order valence-corrected chi connectivity index (χ3v) is 3.29. The number of piperidine rings is 1. The lowest BCUT2D eigenvalue weighted by atomic mass is 9.94. The minimum atomic E-state index is -1.03. The van der Waals surface area contributed by atoms with E-state index in [1.807, 2.05) is 4.90 Å². The van der Waals surface area contributed by atoms with Crippen molar-refractivity contribution in [3.8, 4) is 0 Å². The largest absolute Gasteiger partial charge is 0.477 e. The number of aromatic nitrogens is 1. The summed E-state index contributed by atoms with van der Waals surface area (Å²) in [6.07, 6.45) is 2.30. The Bertz CT molecular complexity index is 490. The van der Waals surface area contributed by atoms with Gasteiger partial charge in [0, 0.05) is 19.5 Å². The Morgan fingerprint density at radius 3 is 2.95 bits per heavy atom. The Morgan fingerprint density at radius 1 is 1.47 bits per heavy atom. The van der Waals surface area contributed by atoms with Crippen molar-refractivity contribution in [2.45, 2.75) is 19.3 Å². The molecule has 1 aliphatic rings. The van der Waals surface area contributed by atoms with Gasteiger partial charge >= 0.3 is 5.97 Å². The predicted molar refractivity (Wildman–Crippen MR) is 69.9 cm³/mol. The van der Waals surface area contributed by atoms with Crippen molar-refractivity contribution >= 4 is 17.7 Å². The maximum atomic E-state index is 11.0. The number of pyridine rings is 1. The quantitative estimate of drug-likeness (QED) is 0.840. The van der Waals surface area contributed by atoms with Gasteiger partial charge in [-0.2, -0.15) is 0 Å². The smallest absolute Gasteiger partial charge is 0.354 e. The monoisotopic (exact) mass is 263 g/mol. The summed E-state index contributed by atoms with van der Waals surface area (Å²) in [6, 6.07) is 4.94. The first-order valence-electron chi connectivity index (χ1n) is 6.30. The van der Waals surface area contributed by atoms with Crippen LogP contribution >= 0.6 is 0 Å². The Labute approximate surface area is 111 Å². The number of anilines is 1. The average Bonchev–Trinajstić information content (AvgIpc) is 2.38. The Balaban J connectivity index is 2.10. The number of carbonyl (C=O) groups excluding carboxylic acids is 1. The Hall–Kier alpha value is -2.11. The molecule has 0 aliphatic carbocycles. The first kappa shape index (κ1) is 13.3. The molecule has 19 heavy (non-hydrogen) atoms. The van der Waals surface area contributed by atoms with Crippen LogP contribution in [0.1, 0.15) is 29.8 Å². The van der Waals surface area contributed by atoms with Crippen LogP contribution in [0.2, 0.25) is 0 Å². The average molecular weight is 263 g/mol. The molecular weight excluding hydrogens is 246 g/mol. The van der Waals surface area contributed by atoms with Gasteiger partial charge in [0.25, 0.3) is 0 Å². The fourth-order valence-corrected chi connectivity index (χ4v) is 2.44. The van der Waals surface area contributed by atoms with Crippen LogP contribution in [0.3, 0.4) is 0 Å². The van der Waals surface area contributed by atoms with Crippen LogP contribution in [-0.2, 0) is 4.79 Å². The van der Waals surface area contributed by atoms with Gasteiger partial charge in [0.15, 0.2) is 5.69 Å². The molecule has 6 heteroatoms. The second kappa shape index (κ2) is 5.69. The van der Waals surface area contributed by atoms with Gasteiger partial charge in [-0.15, -0.1) is 0 Å². The van der Waals surface area contributed by atoms with Gasteiger partial charge in [-0.1, -0.05) is 6.07 Å². The number of primary amides is 1. The summed E-state index contributed by atoms with van der Waals surface area (Å²) in [5.74, 6) is -0.456. The van der Waals surface area contributed by atoms with Gasteiger partial charge in [-0.3, -0.25) is 4.79 Å². The molecular formula is C13H17N3O3. The highest BCUT2D eigenvalue weighted by Crippen LogP contribution is 2.23. The number of hydrogen-bond acceptors (Lipinski definition) is 4. The summed E-state index contributed by atoms with van der Waals surface area (Å²) >= 11 is 0.